The van der Waals surface area contributed by atoms with Gasteiger partial charge in [0.2, 0.25) is 6.69 Å². The van der Waals surface area contributed by atoms with E-state index < -0.39 is 6.69 Å². The molecule has 1 aliphatic heterocycles. The molecule has 7 heavy (non-hydrogen) atoms. The minimum absolute atomic E-state index is 0.598. The highest BCUT2D eigenvalue weighted by Crippen LogP contribution is 2.55. The van der Waals surface area contributed by atoms with E-state index in [0.717, 1.165) is 0 Å². The second kappa shape index (κ2) is 1.79. The Bertz CT molecular complexity index is 104. The predicted molar refractivity (Wildman–Crippen MR) is 31.8 cm³/mol. The molecule has 1 fully saturated rings. The molecular formula is C3H6ClO2P. The average molecular weight is 141 g/mol. The van der Waals surface area contributed by atoms with Gasteiger partial charge in [-0.25, -0.2) is 0 Å². The van der Waals surface area contributed by atoms with E-state index in [0.29, 0.717) is 13.2 Å². The summed E-state index contributed by atoms with van der Waals surface area (Å²) in [5, 5.41) is 0. The molecule has 0 radical (unpaired) electrons. The van der Waals surface area contributed by atoms with Crippen molar-refractivity contribution in [1.29, 1.82) is 0 Å². The zero-order chi connectivity index (χ0) is 5.33. The van der Waals surface area contributed by atoms with E-state index in [9.17, 15) is 0 Å². The third kappa shape index (κ3) is 1.46. The first kappa shape index (κ1) is 5.64. The van der Waals surface area contributed by atoms with Crippen molar-refractivity contribution in [1.82, 2.24) is 0 Å². The summed E-state index contributed by atoms with van der Waals surface area (Å²) in [5.74, 6) is 0. The number of rotatable bonds is 0. The number of halogens is 1. The van der Waals surface area contributed by atoms with E-state index in [4.69, 9.17) is 20.3 Å². The van der Waals surface area contributed by atoms with E-state index in [1.807, 2.05) is 0 Å². The fourth-order valence-electron chi connectivity index (χ4n) is 0.384. The molecular weight excluding hydrogens is 134 g/mol. The highest BCUT2D eigenvalue weighted by molar-refractivity contribution is 7.89. The van der Waals surface area contributed by atoms with Crippen LogP contribution in [0.15, 0.2) is 0 Å². The molecule has 4 heteroatoms. The van der Waals surface area contributed by atoms with Gasteiger partial charge in [0.1, 0.15) is 0 Å². The summed E-state index contributed by atoms with van der Waals surface area (Å²) in [6.07, 6.45) is 3.50. The molecule has 0 amide bonds. The van der Waals surface area contributed by atoms with E-state index in [-0.39, 0.29) is 0 Å². The normalized spacial score (nSPS) is 28.1. The maximum Gasteiger partial charge on any atom is 0.208 e. The minimum Gasteiger partial charge on any atom is -0.324 e. The highest BCUT2D eigenvalue weighted by Gasteiger charge is 2.17. The van der Waals surface area contributed by atoms with Crippen molar-refractivity contribution in [3.05, 3.63) is 0 Å². The summed E-state index contributed by atoms with van der Waals surface area (Å²) in [7, 11) is 0. The molecule has 0 N–H and O–H groups in total. The van der Waals surface area contributed by atoms with Crippen LogP contribution < -0.4 is 0 Å². The van der Waals surface area contributed by atoms with Crippen molar-refractivity contribution in [2.75, 3.05) is 13.2 Å². The fraction of sp³-hybridized carbons (Fsp3) is 0.667. The monoisotopic (exact) mass is 140 g/mol. The van der Waals surface area contributed by atoms with E-state index in [2.05, 4.69) is 6.30 Å². The molecule has 0 aromatic carbocycles. The molecule has 2 nitrogen and oxygen atoms in total. The van der Waals surface area contributed by atoms with Crippen LogP contribution in [0.4, 0.5) is 0 Å². The summed E-state index contributed by atoms with van der Waals surface area (Å²) in [5.41, 5.74) is 0. The Morgan fingerprint density at radius 1 is 1.43 bits per heavy atom. The molecule has 0 saturated carbocycles. The Morgan fingerprint density at radius 3 is 2.00 bits per heavy atom. The van der Waals surface area contributed by atoms with Gasteiger partial charge in [0.05, 0.1) is 13.2 Å². The lowest BCUT2D eigenvalue weighted by atomic mass is 10.8. The Labute approximate surface area is 47.3 Å². The van der Waals surface area contributed by atoms with Gasteiger partial charge in [-0.2, -0.15) is 0 Å². The van der Waals surface area contributed by atoms with Gasteiger partial charge in [0.25, 0.3) is 0 Å². The molecule has 1 heterocycles. The number of hydrogen-bond acceptors (Lipinski definition) is 2. The minimum atomic E-state index is -2.07. The Kier molecular flexibility index (Phi) is 1.44. The van der Waals surface area contributed by atoms with Crippen molar-refractivity contribution >= 4 is 24.2 Å². The second-order valence-corrected chi connectivity index (χ2v) is 4.50. The molecule has 42 valence electrons. The zero-order valence-corrected chi connectivity index (χ0v) is 5.41. The molecule has 0 aromatic rings. The van der Waals surface area contributed by atoms with Crippen LogP contribution in [0.3, 0.4) is 0 Å². The predicted octanol–water partition coefficient (Wildman–Crippen LogP) is 1.47. The van der Waals surface area contributed by atoms with Gasteiger partial charge in [-0.15, -0.1) is 0 Å². The third-order valence-electron chi connectivity index (χ3n) is 0.651. The Balaban J connectivity index is 2.57. The molecule has 0 bridgehead atoms. The fourth-order valence-corrected chi connectivity index (χ4v) is 1.57. The summed E-state index contributed by atoms with van der Waals surface area (Å²) >= 11 is 5.52. The Hall–Kier alpha value is 0.510. The van der Waals surface area contributed by atoms with Crippen molar-refractivity contribution in [2.45, 2.75) is 0 Å². The molecule has 0 atom stereocenters. The first-order valence-corrected chi connectivity index (χ1v) is 4.64. The largest absolute Gasteiger partial charge is 0.324 e. The first-order chi connectivity index (χ1) is 3.21. The van der Waals surface area contributed by atoms with Crippen LogP contribution in [0.1, 0.15) is 0 Å². The van der Waals surface area contributed by atoms with Crippen LogP contribution in [-0.2, 0) is 9.05 Å². The third-order valence-corrected chi connectivity index (χ3v) is 2.37. The standard InChI is InChI=1S/C3H6ClO2P/c1-7(4)5-2-3-6-7/h1-3H2. The lowest BCUT2D eigenvalue weighted by Crippen LogP contribution is -1.79. The van der Waals surface area contributed by atoms with Crippen molar-refractivity contribution in [2.24, 2.45) is 0 Å². The van der Waals surface area contributed by atoms with Crippen LogP contribution in [-0.4, -0.2) is 19.5 Å². The van der Waals surface area contributed by atoms with Crippen LogP contribution in [0, 0.1) is 0 Å². The van der Waals surface area contributed by atoms with Gasteiger partial charge in [-0.3, -0.25) is 0 Å². The lowest BCUT2D eigenvalue weighted by molar-refractivity contribution is 0.365. The molecule has 1 rings (SSSR count). The lowest BCUT2D eigenvalue weighted by Gasteiger charge is -2.01. The molecule has 0 aromatic heterocycles. The van der Waals surface area contributed by atoms with E-state index in [1.165, 1.54) is 0 Å². The quantitative estimate of drug-likeness (QED) is 0.475. The van der Waals surface area contributed by atoms with E-state index in [1.54, 1.807) is 0 Å². The van der Waals surface area contributed by atoms with Gasteiger partial charge in [-0.05, 0) is 17.5 Å². The zero-order valence-electron chi connectivity index (χ0n) is 3.76. The SMILES string of the molecule is C=P1(Cl)OCCO1. The van der Waals surface area contributed by atoms with Gasteiger partial charge in [-0.1, -0.05) is 0 Å². The first-order valence-electron chi connectivity index (χ1n) is 1.93. The Morgan fingerprint density at radius 2 is 1.86 bits per heavy atom. The highest BCUT2D eigenvalue weighted by atomic mass is 35.7. The van der Waals surface area contributed by atoms with Crippen LogP contribution in [0.25, 0.3) is 0 Å². The van der Waals surface area contributed by atoms with Crippen molar-refractivity contribution < 1.29 is 9.05 Å². The molecule has 1 aliphatic rings. The van der Waals surface area contributed by atoms with Crippen LogP contribution >= 0.6 is 17.9 Å². The maximum atomic E-state index is 5.52. The van der Waals surface area contributed by atoms with Crippen molar-refractivity contribution in [3.63, 3.8) is 0 Å². The maximum absolute atomic E-state index is 5.52. The van der Waals surface area contributed by atoms with Gasteiger partial charge in [0.15, 0.2) is 0 Å². The summed E-state index contributed by atoms with van der Waals surface area (Å²) in [6, 6.07) is 0. The molecule has 0 spiro atoms. The van der Waals surface area contributed by atoms with Crippen LogP contribution in [0.2, 0.25) is 0 Å². The number of hydrogen-bond donors (Lipinski definition) is 0. The molecule has 1 saturated heterocycles. The summed E-state index contributed by atoms with van der Waals surface area (Å²) in [6.45, 7) is -0.875. The average Bonchev–Trinajstić information content (AvgIpc) is 1.84. The van der Waals surface area contributed by atoms with E-state index >= 15 is 0 Å². The molecule has 0 unspecified atom stereocenters. The van der Waals surface area contributed by atoms with Gasteiger partial charge >= 0.3 is 0 Å². The van der Waals surface area contributed by atoms with Crippen molar-refractivity contribution in [3.8, 4) is 0 Å². The van der Waals surface area contributed by atoms with Gasteiger partial charge in [0, 0.05) is 0 Å². The second-order valence-electron chi connectivity index (χ2n) is 1.26. The topological polar surface area (TPSA) is 18.5 Å². The summed E-state index contributed by atoms with van der Waals surface area (Å²) < 4.78 is 9.77. The smallest absolute Gasteiger partial charge is 0.208 e. The van der Waals surface area contributed by atoms with Gasteiger partial charge < -0.3 is 9.05 Å². The summed E-state index contributed by atoms with van der Waals surface area (Å²) in [4.78, 5) is 0. The molecule has 0 aliphatic carbocycles. The van der Waals surface area contributed by atoms with Crippen LogP contribution in [0.5, 0.6) is 0 Å².